The average molecular weight is 399 g/mol. The van der Waals surface area contributed by atoms with E-state index in [-0.39, 0.29) is 11.7 Å². The maximum Gasteiger partial charge on any atom is 0.234 e. The van der Waals surface area contributed by atoms with Crippen molar-refractivity contribution in [2.24, 2.45) is 0 Å². The summed E-state index contributed by atoms with van der Waals surface area (Å²) in [5.74, 6) is 0.0243. The molecule has 1 N–H and O–H groups in total. The van der Waals surface area contributed by atoms with Crippen molar-refractivity contribution >= 4 is 57.2 Å². The molecule has 0 bridgehead atoms. The second-order valence-corrected chi connectivity index (χ2v) is 7.45. The SMILES string of the molecule is Cc1cc2c(nc1C)oc1c(SCC(=O)Nc3cccc(Cl)c3)ncnc12. The molecule has 4 rings (SSSR count). The smallest absolute Gasteiger partial charge is 0.234 e. The number of aromatic nitrogens is 3. The average Bonchev–Trinajstić information content (AvgIpc) is 2.98. The van der Waals surface area contributed by atoms with E-state index in [9.17, 15) is 4.79 Å². The summed E-state index contributed by atoms with van der Waals surface area (Å²) in [6.07, 6.45) is 1.48. The monoisotopic (exact) mass is 398 g/mol. The number of hydrogen-bond acceptors (Lipinski definition) is 6. The number of nitrogens with zero attached hydrogens (tertiary/aromatic N) is 3. The van der Waals surface area contributed by atoms with Crippen LogP contribution in [0.15, 0.2) is 46.1 Å². The van der Waals surface area contributed by atoms with E-state index in [1.807, 2.05) is 19.9 Å². The fourth-order valence-electron chi connectivity index (χ4n) is 2.67. The Hall–Kier alpha value is -2.64. The van der Waals surface area contributed by atoms with Crippen LogP contribution in [0.25, 0.3) is 22.2 Å². The van der Waals surface area contributed by atoms with Gasteiger partial charge in [-0.2, -0.15) is 0 Å². The minimum Gasteiger partial charge on any atom is -0.433 e. The molecule has 0 spiro atoms. The quantitative estimate of drug-likeness (QED) is 0.394. The summed E-state index contributed by atoms with van der Waals surface area (Å²) in [5.41, 5.74) is 4.40. The number of carbonyl (C=O) groups is 1. The summed E-state index contributed by atoms with van der Waals surface area (Å²) >= 11 is 7.22. The molecule has 1 amide bonds. The highest BCUT2D eigenvalue weighted by atomic mass is 35.5. The van der Waals surface area contributed by atoms with Crippen molar-refractivity contribution in [3.8, 4) is 0 Å². The van der Waals surface area contributed by atoms with Gasteiger partial charge in [0.15, 0.2) is 5.58 Å². The van der Waals surface area contributed by atoms with Crippen LogP contribution in [0.3, 0.4) is 0 Å². The van der Waals surface area contributed by atoms with Gasteiger partial charge in [0.05, 0.1) is 11.1 Å². The van der Waals surface area contributed by atoms with Crippen molar-refractivity contribution in [3.63, 3.8) is 0 Å². The molecule has 0 aliphatic rings. The number of amides is 1. The number of nitrogens with one attached hydrogen (secondary N) is 1. The lowest BCUT2D eigenvalue weighted by atomic mass is 10.2. The van der Waals surface area contributed by atoms with Gasteiger partial charge in [0.1, 0.15) is 16.9 Å². The Kier molecular flexibility index (Phi) is 4.72. The van der Waals surface area contributed by atoms with Gasteiger partial charge in [-0.1, -0.05) is 29.4 Å². The number of rotatable bonds is 4. The van der Waals surface area contributed by atoms with Crippen LogP contribution in [0.4, 0.5) is 5.69 Å². The number of benzene rings is 1. The van der Waals surface area contributed by atoms with Crippen molar-refractivity contribution in [1.82, 2.24) is 15.0 Å². The number of hydrogen-bond donors (Lipinski definition) is 1. The van der Waals surface area contributed by atoms with Gasteiger partial charge in [-0.05, 0) is 43.7 Å². The summed E-state index contributed by atoms with van der Waals surface area (Å²) in [5, 5.41) is 4.83. The maximum absolute atomic E-state index is 12.2. The summed E-state index contributed by atoms with van der Waals surface area (Å²) < 4.78 is 5.88. The topological polar surface area (TPSA) is 80.9 Å². The zero-order valence-electron chi connectivity index (χ0n) is 14.6. The molecule has 27 heavy (non-hydrogen) atoms. The molecule has 8 heteroatoms. The van der Waals surface area contributed by atoms with E-state index >= 15 is 0 Å². The van der Waals surface area contributed by atoms with Crippen LogP contribution >= 0.6 is 23.4 Å². The van der Waals surface area contributed by atoms with Gasteiger partial charge in [0.25, 0.3) is 0 Å². The van der Waals surface area contributed by atoms with Crippen LogP contribution in [0.2, 0.25) is 5.02 Å². The molecule has 0 aliphatic heterocycles. The molecule has 3 heterocycles. The van der Waals surface area contributed by atoms with E-state index in [1.54, 1.807) is 24.3 Å². The number of aryl methyl sites for hydroxylation is 2. The third-order valence-electron chi connectivity index (χ3n) is 4.10. The standard InChI is InChI=1S/C19H15ClN4O2S/c1-10-6-14-16-17(26-18(14)23-11(10)2)19(22-9-21-16)27-8-15(25)24-13-5-3-4-12(20)7-13/h3-7,9H,8H2,1-2H3,(H,24,25). The van der Waals surface area contributed by atoms with Crippen molar-refractivity contribution in [2.45, 2.75) is 18.9 Å². The molecule has 3 aromatic heterocycles. The first-order valence-electron chi connectivity index (χ1n) is 8.21. The number of pyridine rings is 1. The van der Waals surface area contributed by atoms with E-state index in [0.29, 0.717) is 32.5 Å². The number of fused-ring (bicyclic) bond motifs is 3. The Labute approximate surface area is 164 Å². The number of thioether (sulfide) groups is 1. The molecule has 4 aromatic rings. The Morgan fingerprint density at radius 1 is 1.26 bits per heavy atom. The molecule has 0 saturated heterocycles. The molecule has 0 saturated carbocycles. The second kappa shape index (κ2) is 7.17. The van der Waals surface area contributed by atoms with Gasteiger partial charge >= 0.3 is 0 Å². The van der Waals surface area contributed by atoms with Crippen molar-refractivity contribution in [3.05, 3.63) is 52.9 Å². The lowest BCUT2D eigenvalue weighted by Crippen LogP contribution is -2.14. The zero-order valence-corrected chi connectivity index (χ0v) is 16.2. The highest BCUT2D eigenvalue weighted by Gasteiger charge is 2.16. The van der Waals surface area contributed by atoms with Crippen molar-refractivity contribution < 1.29 is 9.21 Å². The minimum atomic E-state index is -0.157. The van der Waals surface area contributed by atoms with Gasteiger partial charge < -0.3 is 9.73 Å². The van der Waals surface area contributed by atoms with E-state index in [1.165, 1.54) is 18.1 Å². The van der Waals surface area contributed by atoms with Crippen LogP contribution < -0.4 is 5.32 Å². The number of carbonyl (C=O) groups excluding carboxylic acids is 1. The second-order valence-electron chi connectivity index (χ2n) is 6.05. The summed E-state index contributed by atoms with van der Waals surface area (Å²) in [6, 6.07) is 9.03. The number of furan rings is 1. The molecule has 1 aromatic carbocycles. The lowest BCUT2D eigenvalue weighted by molar-refractivity contribution is -0.113. The van der Waals surface area contributed by atoms with Crippen LogP contribution in [-0.4, -0.2) is 26.6 Å². The molecule has 136 valence electrons. The summed E-state index contributed by atoms with van der Waals surface area (Å²) in [6.45, 7) is 3.93. The van der Waals surface area contributed by atoms with Crippen LogP contribution in [0, 0.1) is 13.8 Å². The largest absolute Gasteiger partial charge is 0.433 e. The van der Waals surface area contributed by atoms with E-state index in [4.69, 9.17) is 16.0 Å². The Balaban J connectivity index is 1.58. The van der Waals surface area contributed by atoms with Gasteiger partial charge in [-0.25, -0.2) is 15.0 Å². The van der Waals surface area contributed by atoms with Gasteiger partial charge in [-0.15, -0.1) is 0 Å². The molecule has 0 unspecified atom stereocenters. The predicted octanol–water partition coefficient (Wildman–Crippen LogP) is 4.77. The van der Waals surface area contributed by atoms with E-state index in [2.05, 4.69) is 20.3 Å². The fraction of sp³-hybridized carbons (Fsp3) is 0.158. The molecule has 0 aliphatic carbocycles. The van der Waals surface area contributed by atoms with Gasteiger partial charge in [-0.3, -0.25) is 4.79 Å². The Morgan fingerprint density at radius 3 is 2.93 bits per heavy atom. The first kappa shape index (κ1) is 17.8. The molecular formula is C19H15ClN4O2S. The van der Waals surface area contributed by atoms with Crippen molar-refractivity contribution in [2.75, 3.05) is 11.1 Å². The van der Waals surface area contributed by atoms with E-state index in [0.717, 1.165) is 16.6 Å². The first-order chi connectivity index (χ1) is 13.0. The fourth-order valence-corrected chi connectivity index (χ4v) is 3.59. The number of halogens is 1. The molecule has 6 nitrogen and oxygen atoms in total. The molecule has 0 radical (unpaired) electrons. The highest BCUT2D eigenvalue weighted by Crippen LogP contribution is 2.32. The molecule has 0 fully saturated rings. The normalized spacial score (nSPS) is 11.2. The zero-order chi connectivity index (χ0) is 19.0. The van der Waals surface area contributed by atoms with Crippen LogP contribution in [0.1, 0.15) is 11.3 Å². The Morgan fingerprint density at radius 2 is 2.11 bits per heavy atom. The van der Waals surface area contributed by atoms with Gasteiger partial charge in [0.2, 0.25) is 11.6 Å². The highest BCUT2D eigenvalue weighted by molar-refractivity contribution is 8.00. The maximum atomic E-state index is 12.2. The van der Waals surface area contributed by atoms with Gasteiger partial charge in [0, 0.05) is 16.4 Å². The number of anilines is 1. The summed E-state index contributed by atoms with van der Waals surface area (Å²) in [7, 11) is 0. The third kappa shape index (κ3) is 3.61. The third-order valence-corrected chi connectivity index (χ3v) is 5.31. The van der Waals surface area contributed by atoms with Crippen LogP contribution in [-0.2, 0) is 4.79 Å². The molecule has 0 atom stereocenters. The first-order valence-corrected chi connectivity index (χ1v) is 9.57. The predicted molar refractivity (Wildman–Crippen MR) is 107 cm³/mol. The van der Waals surface area contributed by atoms with Crippen molar-refractivity contribution in [1.29, 1.82) is 0 Å². The lowest BCUT2D eigenvalue weighted by Gasteiger charge is -2.05. The molecular weight excluding hydrogens is 384 g/mol. The minimum absolute atomic E-state index is 0.157. The Bertz CT molecular complexity index is 1180. The van der Waals surface area contributed by atoms with E-state index < -0.39 is 0 Å². The van der Waals surface area contributed by atoms with Crippen LogP contribution in [0.5, 0.6) is 0 Å². The summed E-state index contributed by atoms with van der Waals surface area (Å²) in [4.78, 5) is 25.3.